The molecule has 0 bridgehead atoms. The summed E-state index contributed by atoms with van der Waals surface area (Å²) in [6.07, 6.45) is 1.34. The summed E-state index contributed by atoms with van der Waals surface area (Å²) in [5.41, 5.74) is -0.102. The van der Waals surface area contributed by atoms with Crippen molar-refractivity contribution in [1.29, 1.82) is 0 Å². The molecule has 2 amide bonds. The lowest BCUT2D eigenvalue weighted by Gasteiger charge is -2.33. The van der Waals surface area contributed by atoms with Crippen LogP contribution in [0.25, 0.3) is 0 Å². The molecular formula is C26H34Cl2FN3O4S. The summed E-state index contributed by atoms with van der Waals surface area (Å²) in [7, 11) is -3.80. The first-order chi connectivity index (χ1) is 17.2. The molecule has 0 spiro atoms. The number of nitrogens with one attached hydrogen (secondary N) is 1. The minimum Gasteiger partial charge on any atom is -0.350 e. The third-order valence-electron chi connectivity index (χ3n) is 5.55. The van der Waals surface area contributed by atoms with Crippen LogP contribution < -0.4 is 9.62 Å². The van der Waals surface area contributed by atoms with Crippen molar-refractivity contribution in [3.05, 3.63) is 63.9 Å². The molecule has 1 unspecified atom stereocenters. The quantitative estimate of drug-likeness (QED) is 0.390. The second-order valence-corrected chi connectivity index (χ2v) is 12.5. The molecule has 2 aromatic rings. The van der Waals surface area contributed by atoms with E-state index in [-0.39, 0.29) is 43.4 Å². The predicted molar refractivity (Wildman–Crippen MR) is 147 cm³/mol. The largest absolute Gasteiger partial charge is 0.350 e. The van der Waals surface area contributed by atoms with Gasteiger partial charge in [0, 0.05) is 40.7 Å². The Bertz CT molecular complexity index is 1200. The molecule has 0 aliphatic heterocycles. The van der Waals surface area contributed by atoms with Crippen molar-refractivity contribution in [2.45, 2.75) is 65.1 Å². The molecule has 0 aliphatic carbocycles. The van der Waals surface area contributed by atoms with Gasteiger partial charge < -0.3 is 10.2 Å². The fourth-order valence-corrected chi connectivity index (χ4v) is 5.35. The number of hydrogen-bond donors (Lipinski definition) is 1. The summed E-state index contributed by atoms with van der Waals surface area (Å²) >= 11 is 12.7. The molecule has 2 aromatic carbocycles. The van der Waals surface area contributed by atoms with Crippen LogP contribution in [0.15, 0.2) is 42.5 Å². The normalized spacial score (nSPS) is 12.6. The van der Waals surface area contributed by atoms with Gasteiger partial charge in [-0.1, -0.05) is 48.3 Å². The minimum absolute atomic E-state index is 0.00346. The average molecular weight is 575 g/mol. The molecule has 0 aromatic heterocycles. The van der Waals surface area contributed by atoms with Gasteiger partial charge in [0.2, 0.25) is 21.8 Å². The topological polar surface area (TPSA) is 86.8 Å². The van der Waals surface area contributed by atoms with Gasteiger partial charge in [0.15, 0.2) is 0 Å². The zero-order chi connectivity index (χ0) is 28.0. The molecule has 37 heavy (non-hydrogen) atoms. The van der Waals surface area contributed by atoms with Crippen molar-refractivity contribution in [2.24, 2.45) is 0 Å². The van der Waals surface area contributed by atoms with Crippen LogP contribution in [0.3, 0.4) is 0 Å². The van der Waals surface area contributed by atoms with Crippen molar-refractivity contribution >= 4 is 50.7 Å². The first-order valence-electron chi connectivity index (χ1n) is 11.9. The molecule has 1 N–H and O–H groups in total. The highest BCUT2D eigenvalue weighted by Crippen LogP contribution is 2.28. The number of halogens is 3. The van der Waals surface area contributed by atoms with E-state index in [1.807, 2.05) is 20.8 Å². The Kier molecular flexibility index (Phi) is 10.8. The highest BCUT2D eigenvalue weighted by Gasteiger charge is 2.31. The van der Waals surface area contributed by atoms with Gasteiger partial charge in [0.25, 0.3) is 0 Å². The van der Waals surface area contributed by atoms with E-state index in [2.05, 4.69) is 5.32 Å². The highest BCUT2D eigenvalue weighted by molar-refractivity contribution is 7.92. The van der Waals surface area contributed by atoms with Crippen LogP contribution in [0.4, 0.5) is 10.1 Å². The zero-order valence-electron chi connectivity index (χ0n) is 21.7. The van der Waals surface area contributed by atoms with E-state index in [9.17, 15) is 22.4 Å². The highest BCUT2D eigenvalue weighted by atomic mass is 35.5. The number of carbonyl (C=O) groups excluding carboxylic acids is 2. The number of sulfonamides is 1. The smallest absolute Gasteiger partial charge is 0.243 e. The minimum atomic E-state index is -3.80. The van der Waals surface area contributed by atoms with Gasteiger partial charge in [-0.05, 0) is 57.9 Å². The van der Waals surface area contributed by atoms with Gasteiger partial charge in [0.1, 0.15) is 11.9 Å². The number of para-hydroxylation sites is 1. The second-order valence-electron chi connectivity index (χ2n) is 9.78. The van der Waals surface area contributed by atoms with Crippen molar-refractivity contribution in [2.75, 3.05) is 17.1 Å². The second kappa shape index (κ2) is 12.9. The standard InChI is InChI=1S/C26H34Cl2FN3O4S/c1-6-22(25(34)30-26(2,3)4)31(17-18-19(27)11-9-12-20(18)28)24(33)15-10-16-32(37(5,35)36)23-14-8-7-13-21(23)29/h7-9,11-14,22H,6,10,15-17H2,1-5H3,(H,30,34). The number of anilines is 1. The summed E-state index contributed by atoms with van der Waals surface area (Å²) in [6, 6.07) is 9.73. The van der Waals surface area contributed by atoms with Crippen LogP contribution >= 0.6 is 23.2 Å². The zero-order valence-corrected chi connectivity index (χ0v) is 24.1. The average Bonchev–Trinajstić information content (AvgIpc) is 2.77. The van der Waals surface area contributed by atoms with E-state index >= 15 is 0 Å². The number of nitrogens with zero attached hydrogens (tertiary/aromatic N) is 2. The molecular weight excluding hydrogens is 540 g/mol. The SMILES string of the molecule is CCC(C(=O)NC(C)(C)C)N(Cc1c(Cl)cccc1Cl)C(=O)CCCN(c1ccccc1F)S(C)(=O)=O. The van der Waals surface area contributed by atoms with Crippen LogP contribution in [0.5, 0.6) is 0 Å². The maximum absolute atomic E-state index is 14.3. The van der Waals surface area contributed by atoms with E-state index in [1.54, 1.807) is 25.1 Å². The van der Waals surface area contributed by atoms with Crippen molar-refractivity contribution in [1.82, 2.24) is 10.2 Å². The van der Waals surface area contributed by atoms with Gasteiger partial charge in [-0.25, -0.2) is 12.8 Å². The van der Waals surface area contributed by atoms with Crippen LogP contribution in [0.1, 0.15) is 52.5 Å². The number of amides is 2. The first-order valence-corrected chi connectivity index (χ1v) is 14.5. The number of rotatable bonds is 11. The molecule has 0 fully saturated rings. The summed E-state index contributed by atoms with van der Waals surface area (Å²) in [6.45, 7) is 7.21. The molecule has 0 heterocycles. The van der Waals surface area contributed by atoms with Crippen LogP contribution in [0, 0.1) is 5.82 Å². The number of benzene rings is 2. The van der Waals surface area contributed by atoms with E-state index in [4.69, 9.17) is 23.2 Å². The maximum atomic E-state index is 14.3. The van der Waals surface area contributed by atoms with Gasteiger partial charge in [-0.15, -0.1) is 0 Å². The Morgan fingerprint density at radius 2 is 1.65 bits per heavy atom. The lowest BCUT2D eigenvalue weighted by atomic mass is 10.0. The first kappa shape index (κ1) is 30.9. The van der Waals surface area contributed by atoms with E-state index < -0.39 is 27.4 Å². The van der Waals surface area contributed by atoms with Gasteiger partial charge in [-0.3, -0.25) is 13.9 Å². The Hall–Kier alpha value is -2.36. The summed E-state index contributed by atoms with van der Waals surface area (Å²) in [4.78, 5) is 28.0. The lowest BCUT2D eigenvalue weighted by molar-refractivity contribution is -0.142. The van der Waals surface area contributed by atoms with E-state index in [1.165, 1.54) is 29.2 Å². The lowest BCUT2D eigenvalue weighted by Crippen LogP contribution is -2.53. The summed E-state index contributed by atoms with van der Waals surface area (Å²) in [5, 5.41) is 3.64. The Morgan fingerprint density at radius 1 is 1.05 bits per heavy atom. The third kappa shape index (κ3) is 8.86. The van der Waals surface area contributed by atoms with Gasteiger partial charge in [0.05, 0.1) is 11.9 Å². The molecule has 0 saturated heterocycles. The summed E-state index contributed by atoms with van der Waals surface area (Å²) < 4.78 is 40.0. The fraction of sp³-hybridized carbons (Fsp3) is 0.462. The van der Waals surface area contributed by atoms with Crippen LogP contribution in [-0.4, -0.2) is 49.5 Å². The van der Waals surface area contributed by atoms with Crippen molar-refractivity contribution in [3.8, 4) is 0 Å². The third-order valence-corrected chi connectivity index (χ3v) is 7.44. The van der Waals surface area contributed by atoms with Crippen molar-refractivity contribution < 1.29 is 22.4 Å². The van der Waals surface area contributed by atoms with Crippen molar-refractivity contribution in [3.63, 3.8) is 0 Å². The molecule has 7 nitrogen and oxygen atoms in total. The number of hydrogen-bond acceptors (Lipinski definition) is 4. The van der Waals surface area contributed by atoms with E-state index in [0.29, 0.717) is 22.0 Å². The molecule has 2 rings (SSSR count). The monoisotopic (exact) mass is 573 g/mol. The molecule has 11 heteroatoms. The maximum Gasteiger partial charge on any atom is 0.243 e. The Labute approximate surface area is 229 Å². The fourth-order valence-electron chi connectivity index (χ4n) is 3.86. The van der Waals surface area contributed by atoms with Crippen LogP contribution in [-0.2, 0) is 26.2 Å². The van der Waals surface area contributed by atoms with E-state index in [0.717, 1.165) is 10.6 Å². The predicted octanol–water partition coefficient (Wildman–Crippen LogP) is 5.40. The summed E-state index contributed by atoms with van der Waals surface area (Å²) in [5.74, 6) is -1.39. The molecule has 1 atom stereocenters. The Morgan fingerprint density at radius 3 is 2.16 bits per heavy atom. The molecule has 0 saturated carbocycles. The molecule has 0 aliphatic rings. The van der Waals surface area contributed by atoms with Gasteiger partial charge in [-0.2, -0.15) is 0 Å². The Balaban J connectivity index is 2.31. The van der Waals surface area contributed by atoms with Crippen LogP contribution in [0.2, 0.25) is 10.0 Å². The number of carbonyl (C=O) groups is 2. The molecule has 204 valence electrons. The molecule has 0 radical (unpaired) electrons. The van der Waals surface area contributed by atoms with Gasteiger partial charge >= 0.3 is 0 Å².